The van der Waals surface area contributed by atoms with Crippen LogP contribution in [0.3, 0.4) is 0 Å². The molecule has 0 heterocycles. The number of nitrogens with one attached hydrogen (secondary N) is 1. The maximum Gasteiger partial charge on any atom is 0.463 e. The monoisotopic (exact) mass is 275 g/mol. The third-order valence-corrected chi connectivity index (χ3v) is 2.82. The summed E-state index contributed by atoms with van der Waals surface area (Å²) in [4.78, 5) is 21.4. The number of carboxylic acids is 1. The number of carbonyl (C=O) groups excluding carboxylic acids is 1. The number of hydrogen-bond acceptors (Lipinski definition) is 2. The van der Waals surface area contributed by atoms with E-state index in [0.29, 0.717) is 6.42 Å². The zero-order chi connectivity index (χ0) is 14.2. The van der Waals surface area contributed by atoms with Gasteiger partial charge < -0.3 is 10.4 Å². The Hall–Kier alpha value is -1.41. The van der Waals surface area contributed by atoms with E-state index in [1.54, 1.807) is 0 Å². The summed E-state index contributed by atoms with van der Waals surface area (Å²) in [6, 6.07) is 0. The summed E-state index contributed by atoms with van der Waals surface area (Å²) in [5.41, 5.74) is -1.49. The fraction of sp³-hybridized carbons (Fsp3) is 0.778. The summed E-state index contributed by atoms with van der Waals surface area (Å²) in [7, 11) is 0. The molecule has 1 rings (SSSR count). The molecule has 2 N–H and O–H groups in total. The molecule has 0 saturated heterocycles. The SMILES string of the molecule is O=C(O)CC1(NC(=O)C(F)(F)C(F)(F)F)CCC1. The molecule has 0 radical (unpaired) electrons. The lowest BCUT2D eigenvalue weighted by atomic mass is 9.74. The quantitative estimate of drug-likeness (QED) is 0.767. The second-order valence-electron chi connectivity index (χ2n) is 4.23. The lowest BCUT2D eigenvalue weighted by Crippen LogP contribution is -2.61. The number of hydrogen-bond donors (Lipinski definition) is 2. The van der Waals surface area contributed by atoms with E-state index in [1.165, 1.54) is 5.32 Å². The van der Waals surface area contributed by atoms with Crippen molar-refractivity contribution in [2.75, 3.05) is 0 Å². The van der Waals surface area contributed by atoms with Gasteiger partial charge in [-0.05, 0) is 19.3 Å². The molecule has 0 aromatic rings. The first-order valence-electron chi connectivity index (χ1n) is 4.99. The van der Waals surface area contributed by atoms with Gasteiger partial charge in [0.05, 0.1) is 12.0 Å². The molecule has 0 spiro atoms. The Kier molecular flexibility index (Phi) is 3.55. The predicted molar refractivity (Wildman–Crippen MR) is 48.0 cm³/mol. The molecule has 1 fully saturated rings. The van der Waals surface area contributed by atoms with Crippen LogP contribution in [0.2, 0.25) is 0 Å². The Morgan fingerprint density at radius 3 is 1.94 bits per heavy atom. The molecule has 1 aliphatic rings. The van der Waals surface area contributed by atoms with Gasteiger partial charge >= 0.3 is 24.0 Å². The highest BCUT2D eigenvalue weighted by Crippen LogP contribution is 2.39. The second-order valence-corrected chi connectivity index (χ2v) is 4.23. The zero-order valence-corrected chi connectivity index (χ0v) is 8.98. The smallest absolute Gasteiger partial charge is 0.463 e. The predicted octanol–water partition coefficient (Wildman–Crippen LogP) is 1.70. The van der Waals surface area contributed by atoms with Crippen molar-refractivity contribution in [1.82, 2.24) is 5.32 Å². The maximum absolute atomic E-state index is 12.7. The Labute approximate surface area is 98.1 Å². The molecule has 18 heavy (non-hydrogen) atoms. The Bertz CT molecular complexity index is 362. The van der Waals surface area contributed by atoms with Crippen LogP contribution in [0, 0.1) is 0 Å². The number of rotatable bonds is 4. The van der Waals surface area contributed by atoms with Crippen molar-refractivity contribution >= 4 is 11.9 Å². The van der Waals surface area contributed by atoms with Crippen molar-refractivity contribution in [2.24, 2.45) is 0 Å². The average Bonchev–Trinajstić information content (AvgIpc) is 2.11. The molecule has 1 aliphatic carbocycles. The van der Waals surface area contributed by atoms with Crippen molar-refractivity contribution < 1.29 is 36.6 Å². The van der Waals surface area contributed by atoms with Crippen LogP contribution in [0.4, 0.5) is 22.0 Å². The molecule has 0 aromatic heterocycles. The highest BCUT2D eigenvalue weighted by atomic mass is 19.4. The summed E-state index contributed by atoms with van der Waals surface area (Å²) in [5.74, 6) is -9.39. The largest absolute Gasteiger partial charge is 0.481 e. The standard InChI is InChI=1S/C9H10F5NO3/c10-8(11,9(12,13)14)6(18)15-7(2-1-3-7)4-5(16)17/h1-4H2,(H,15,18)(H,16,17). The van der Waals surface area contributed by atoms with Gasteiger partial charge in [0.2, 0.25) is 0 Å². The number of carboxylic acid groups (broad SMARTS) is 1. The summed E-state index contributed by atoms with van der Waals surface area (Å²) in [6.45, 7) is 0. The molecule has 1 amide bonds. The van der Waals surface area contributed by atoms with Crippen molar-refractivity contribution in [2.45, 2.75) is 43.3 Å². The van der Waals surface area contributed by atoms with Gasteiger partial charge in [-0.1, -0.05) is 0 Å². The fourth-order valence-corrected chi connectivity index (χ4v) is 1.69. The van der Waals surface area contributed by atoms with E-state index in [-0.39, 0.29) is 12.8 Å². The van der Waals surface area contributed by atoms with E-state index in [4.69, 9.17) is 5.11 Å². The third kappa shape index (κ3) is 2.70. The molecule has 1 saturated carbocycles. The molecule has 0 aliphatic heterocycles. The molecule has 0 atom stereocenters. The maximum atomic E-state index is 12.7. The van der Waals surface area contributed by atoms with Crippen molar-refractivity contribution in [1.29, 1.82) is 0 Å². The van der Waals surface area contributed by atoms with Gasteiger partial charge in [0, 0.05) is 0 Å². The first-order valence-corrected chi connectivity index (χ1v) is 4.99. The third-order valence-electron chi connectivity index (χ3n) is 2.82. The molecule has 104 valence electrons. The molecule has 9 heteroatoms. The van der Waals surface area contributed by atoms with Crippen molar-refractivity contribution in [3.63, 3.8) is 0 Å². The minimum absolute atomic E-state index is 0.0684. The Morgan fingerprint density at radius 2 is 1.67 bits per heavy atom. The van der Waals surface area contributed by atoms with Gasteiger partial charge in [-0.25, -0.2) is 0 Å². The summed E-state index contributed by atoms with van der Waals surface area (Å²) < 4.78 is 61.1. The molecule has 0 unspecified atom stereocenters. The molecule has 4 nitrogen and oxygen atoms in total. The highest BCUT2D eigenvalue weighted by Gasteiger charge is 2.64. The van der Waals surface area contributed by atoms with E-state index in [1.807, 2.05) is 0 Å². The van der Waals surface area contributed by atoms with Gasteiger partial charge in [-0.3, -0.25) is 9.59 Å². The van der Waals surface area contributed by atoms with E-state index in [0.717, 1.165) is 0 Å². The minimum Gasteiger partial charge on any atom is -0.481 e. The molecule has 0 bridgehead atoms. The minimum atomic E-state index is -5.99. The van der Waals surface area contributed by atoms with Crippen molar-refractivity contribution in [3.05, 3.63) is 0 Å². The summed E-state index contributed by atoms with van der Waals surface area (Å²) in [5, 5.41) is 10.0. The van der Waals surface area contributed by atoms with Gasteiger partial charge in [-0.2, -0.15) is 22.0 Å². The van der Waals surface area contributed by atoms with Crippen LogP contribution >= 0.6 is 0 Å². The zero-order valence-electron chi connectivity index (χ0n) is 8.98. The topological polar surface area (TPSA) is 66.4 Å². The van der Waals surface area contributed by atoms with Gasteiger partial charge in [0.15, 0.2) is 0 Å². The van der Waals surface area contributed by atoms with E-state index >= 15 is 0 Å². The number of carbonyl (C=O) groups is 2. The van der Waals surface area contributed by atoms with Crippen molar-refractivity contribution in [3.8, 4) is 0 Å². The number of aliphatic carboxylic acids is 1. The lowest BCUT2D eigenvalue weighted by molar-refractivity contribution is -0.270. The van der Waals surface area contributed by atoms with E-state index in [9.17, 15) is 31.5 Å². The second kappa shape index (κ2) is 4.36. The van der Waals surface area contributed by atoms with E-state index in [2.05, 4.69) is 0 Å². The first-order chi connectivity index (χ1) is 8.00. The van der Waals surface area contributed by atoms with Crippen LogP contribution in [-0.4, -0.2) is 34.6 Å². The number of amides is 1. The molecular weight excluding hydrogens is 265 g/mol. The van der Waals surface area contributed by atoms with Gasteiger partial charge in [0.1, 0.15) is 0 Å². The van der Waals surface area contributed by atoms with Crippen LogP contribution in [-0.2, 0) is 9.59 Å². The van der Waals surface area contributed by atoms with Gasteiger partial charge in [0.25, 0.3) is 0 Å². The summed E-state index contributed by atoms with van der Waals surface area (Å²) in [6.07, 6.45) is -6.07. The Balaban J connectivity index is 2.77. The fourth-order valence-electron chi connectivity index (χ4n) is 1.69. The highest BCUT2D eigenvalue weighted by molar-refractivity contribution is 5.85. The van der Waals surface area contributed by atoms with Crippen LogP contribution in [0.5, 0.6) is 0 Å². The first kappa shape index (κ1) is 14.7. The molecule has 0 aromatic carbocycles. The van der Waals surface area contributed by atoms with Crippen LogP contribution < -0.4 is 5.32 Å². The van der Waals surface area contributed by atoms with Gasteiger partial charge in [-0.15, -0.1) is 0 Å². The van der Waals surface area contributed by atoms with Crippen LogP contribution in [0.1, 0.15) is 25.7 Å². The van der Waals surface area contributed by atoms with E-state index < -0.39 is 35.9 Å². The normalized spacial score (nSPS) is 18.9. The Morgan fingerprint density at radius 1 is 1.17 bits per heavy atom. The van der Waals surface area contributed by atoms with Crippen LogP contribution in [0.15, 0.2) is 0 Å². The van der Waals surface area contributed by atoms with Crippen LogP contribution in [0.25, 0.3) is 0 Å². The lowest BCUT2D eigenvalue weighted by Gasteiger charge is -2.42. The number of halogens is 5. The average molecular weight is 275 g/mol. The summed E-state index contributed by atoms with van der Waals surface area (Å²) >= 11 is 0. The molecular formula is C9H10F5NO3. The number of alkyl halides is 5.